The predicted octanol–water partition coefficient (Wildman–Crippen LogP) is 2.67. The van der Waals surface area contributed by atoms with Crippen molar-refractivity contribution in [2.24, 2.45) is 5.92 Å². The zero-order valence-corrected chi connectivity index (χ0v) is 13.5. The van der Waals surface area contributed by atoms with Crippen LogP contribution in [-0.4, -0.2) is 34.1 Å². The fourth-order valence-electron chi connectivity index (χ4n) is 3.09. The molecule has 1 aliphatic rings. The predicted molar refractivity (Wildman–Crippen MR) is 86.0 cm³/mol. The average Bonchev–Trinajstić information content (AvgIpc) is 2.81. The first-order valence-electron chi connectivity index (χ1n) is 8.07. The Morgan fingerprint density at radius 2 is 1.75 bits per heavy atom. The van der Waals surface area contributed by atoms with Gasteiger partial charge in [-0.25, -0.2) is 4.90 Å². The highest BCUT2D eigenvalue weighted by Crippen LogP contribution is 2.30. The number of aldehydes is 1. The highest BCUT2D eigenvalue weighted by atomic mass is 16.6. The molecule has 2 atom stereocenters. The van der Waals surface area contributed by atoms with E-state index in [1.54, 1.807) is 12.1 Å². The highest BCUT2D eigenvalue weighted by molar-refractivity contribution is 6.21. The van der Waals surface area contributed by atoms with Crippen LogP contribution in [0.3, 0.4) is 0 Å². The maximum Gasteiger partial charge on any atom is 0.299 e. The molecule has 7 heteroatoms. The number of unbranched alkanes of at least 4 members (excludes halogenated alkanes) is 2. The number of hydrogen-bond acceptors (Lipinski definition) is 5. The fourth-order valence-corrected chi connectivity index (χ4v) is 3.09. The molecule has 128 valence electrons. The Morgan fingerprint density at radius 3 is 2.21 bits per heavy atom. The van der Waals surface area contributed by atoms with E-state index in [1.807, 2.05) is 6.92 Å². The standard InChI is InChI=1S/C17H20N2O5/c1-2-3-4-7-12(10-11-20)15(19(23)24)18-16(21)13-8-5-6-9-14(13)17(18)22/h5-6,8-9,11-12,15H,2-4,7,10H2,1H3/t12-,15-/m1/s1. The fraction of sp³-hybridized carbons (Fsp3) is 0.471. The van der Waals surface area contributed by atoms with Crippen LogP contribution < -0.4 is 0 Å². The smallest absolute Gasteiger partial charge is 0.299 e. The maximum atomic E-state index is 12.5. The number of carbonyl (C=O) groups is 3. The van der Waals surface area contributed by atoms with Gasteiger partial charge in [0.2, 0.25) is 0 Å². The SMILES string of the molecule is CCCCC[C@H](CC=O)[C@H](N1C(=O)c2ccccc2C1=O)[N+](=O)[O-]. The number of nitro groups is 1. The van der Waals surface area contributed by atoms with Crippen LogP contribution in [0.15, 0.2) is 24.3 Å². The normalized spacial score (nSPS) is 16.0. The van der Waals surface area contributed by atoms with Crippen LogP contribution in [0.25, 0.3) is 0 Å². The molecule has 0 spiro atoms. The zero-order chi connectivity index (χ0) is 17.7. The van der Waals surface area contributed by atoms with Gasteiger partial charge in [0.25, 0.3) is 18.0 Å². The second kappa shape index (κ2) is 7.81. The van der Waals surface area contributed by atoms with Crippen molar-refractivity contribution in [2.75, 3.05) is 0 Å². The molecule has 1 aliphatic heterocycles. The Balaban J connectivity index is 2.33. The number of hydrogen-bond donors (Lipinski definition) is 0. The van der Waals surface area contributed by atoms with Crippen LogP contribution in [0.2, 0.25) is 0 Å². The van der Waals surface area contributed by atoms with Crippen molar-refractivity contribution < 1.29 is 19.3 Å². The van der Waals surface area contributed by atoms with Crippen LogP contribution in [0.4, 0.5) is 0 Å². The summed E-state index contributed by atoms with van der Waals surface area (Å²) in [4.78, 5) is 47.7. The van der Waals surface area contributed by atoms with E-state index in [0.29, 0.717) is 24.0 Å². The average molecular weight is 332 g/mol. The van der Waals surface area contributed by atoms with Gasteiger partial charge in [-0.3, -0.25) is 19.7 Å². The summed E-state index contributed by atoms with van der Waals surface area (Å²) < 4.78 is 0. The minimum absolute atomic E-state index is 0.0528. The molecule has 0 saturated heterocycles. The third kappa shape index (κ3) is 3.34. The van der Waals surface area contributed by atoms with E-state index in [4.69, 9.17) is 0 Å². The van der Waals surface area contributed by atoms with Crippen LogP contribution in [-0.2, 0) is 4.79 Å². The lowest BCUT2D eigenvalue weighted by Gasteiger charge is -2.25. The van der Waals surface area contributed by atoms with E-state index >= 15 is 0 Å². The van der Waals surface area contributed by atoms with Gasteiger partial charge in [-0.1, -0.05) is 38.3 Å². The topological polar surface area (TPSA) is 97.6 Å². The molecule has 1 heterocycles. The largest absolute Gasteiger partial charge is 0.303 e. The number of amides is 2. The zero-order valence-electron chi connectivity index (χ0n) is 13.5. The lowest BCUT2D eigenvalue weighted by atomic mass is 9.94. The van der Waals surface area contributed by atoms with Gasteiger partial charge in [-0.05, 0) is 18.6 Å². The van der Waals surface area contributed by atoms with Crippen LogP contribution >= 0.6 is 0 Å². The van der Waals surface area contributed by atoms with Crippen molar-refractivity contribution in [2.45, 2.75) is 45.2 Å². The van der Waals surface area contributed by atoms with Crippen LogP contribution in [0.1, 0.15) is 59.7 Å². The number of imide groups is 1. The Hall–Kier alpha value is -2.57. The molecule has 0 aliphatic carbocycles. The second-order valence-corrected chi connectivity index (χ2v) is 5.88. The number of benzene rings is 1. The minimum atomic E-state index is -1.51. The van der Waals surface area contributed by atoms with E-state index < -0.39 is 28.8 Å². The molecule has 0 unspecified atom stereocenters. The number of rotatable bonds is 9. The highest BCUT2D eigenvalue weighted by Gasteiger charge is 2.48. The van der Waals surface area contributed by atoms with Crippen LogP contribution in [0, 0.1) is 16.0 Å². The van der Waals surface area contributed by atoms with Gasteiger partial charge in [0.15, 0.2) is 0 Å². The molecular formula is C17H20N2O5. The van der Waals surface area contributed by atoms with Crippen molar-refractivity contribution in [3.05, 3.63) is 45.5 Å². The first kappa shape index (κ1) is 17.8. The molecule has 1 aromatic rings. The van der Waals surface area contributed by atoms with E-state index in [1.165, 1.54) is 12.1 Å². The molecule has 0 fully saturated rings. The molecule has 1 aromatic carbocycles. The molecule has 2 amide bonds. The van der Waals surface area contributed by atoms with Gasteiger partial charge in [-0.2, -0.15) is 0 Å². The summed E-state index contributed by atoms with van der Waals surface area (Å²) in [5.41, 5.74) is 0.348. The summed E-state index contributed by atoms with van der Waals surface area (Å²) in [6.45, 7) is 2.00. The summed E-state index contributed by atoms with van der Waals surface area (Å²) >= 11 is 0. The molecule has 0 aromatic heterocycles. The van der Waals surface area contributed by atoms with Gasteiger partial charge in [0.1, 0.15) is 6.29 Å². The quantitative estimate of drug-likeness (QED) is 0.228. The van der Waals surface area contributed by atoms with Crippen molar-refractivity contribution in [1.82, 2.24) is 4.90 Å². The van der Waals surface area contributed by atoms with Crippen LogP contribution in [0.5, 0.6) is 0 Å². The Labute approximate surface area is 139 Å². The van der Waals surface area contributed by atoms with Gasteiger partial charge in [-0.15, -0.1) is 0 Å². The van der Waals surface area contributed by atoms with E-state index in [2.05, 4.69) is 0 Å². The van der Waals surface area contributed by atoms with E-state index in [9.17, 15) is 24.5 Å². The van der Waals surface area contributed by atoms with E-state index in [0.717, 1.165) is 12.8 Å². The number of nitrogens with zero attached hydrogens (tertiary/aromatic N) is 2. The lowest BCUT2D eigenvalue weighted by molar-refractivity contribution is -0.551. The molecule has 0 saturated carbocycles. The van der Waals surface area contributed by atoms with Crippen molar-refractivity contribution in [1.29, 1.82) is 0 Å². The number of carbonyl (C=O) groups excluding carboxylic acids is 3. The summed E-state index contributed by atoms with van der Waals surface area (Å²) in [6.07, 6.45) is 1.99. The molecule has 0 N–H and O–H groups in total. The third-order valence-electron chi connectivity index (χ3n) is 4.31. The maximum absolute atomic E-state index is 12.5. The van der Waals surface area contributed by atoms with Gasteiger partial charge in [0, 0.05) is 11.3 Å². The molecule has 2 rings (SSSR count). The Bertz CT molecular complexity index is 623. The minimum Gasteiger partial charge on any atom is -0.303 e. The Morgan fingerprint density at radius 1 is 1.17 bits per heavy atom. The van der Waals surface area contributed by atoms with Gasteiger partial charge >= 0.3 is 0 Å². The Kier molecular flexibility index (Phi) is 5.78. The molecule has 24 heavy (non-hydrogen) atoms. The lowest BCUT2D eigenvalue weighted by Crippen LogP contribution is -2.49. The molecule has 0 radical (unpaired) electrons. The second-order valence-electron chi connectivity index (χ2n) is 5.88. The molecule has 0 bridgehead atoms. The molecule has 7 nitrogen and oxygen atoms in total. The van der Waals surface area contributed by atoms with Gasteiger partial charge < -0.3 is 4.79 Å². The molecular weight excluding hydrogens is 312 g/mol. The number of fused-ring (bicyclic) bond motifs is 1. The third-order valence-corrected chi connectivity index (χ3v) is 4.31. The first-order chi connectivity index (χ1) is 11.5. The van der Waals surface area contributed by atoms with Crippen molar-refractivity contribution in [3.8, 4) is 0 Å². The van der Waals surface area contributed by atoms with Crippen molar-refractivity contribution in [3.63, 3.8) is 0 Å². The summed E-state index contributed by atoms with van der Waals surface area (Å²) in [5, 5.41) is 11.6. The summed E-state index contributed by atoms with van der Waals surface area (Å²) in [7, 11) is 0. The van der Waals surface area contributed by atoms with Crippen molar-refractivity contribution >= 4 is 18.1 Å². The summed E-state index contributed by atoms with van der Waals surface area (Å²) in [5.74, 6) is -2.00. The van der Waals surface area contributed by atoms with E-state index in [-0.39, 0.29) is 17.5 Å². The first-order valence-corrected chi connectivity index (χ1v) is 8.07. The van der Waals surface area contributed by atoms with Gasteiger partial charge in [0.05, 0.1) is 17.0 Å². The monoisotopic (exact) mass is 332 g/mol. The summed E-state index contributed by atoms with van der Waals surface area (Å²) in [6, 6.07) is 6.19.